The van der Waals surface area contributed by atoms with Crippen molar-refractivity contribution >= 4 is 0 Å². The molecule has 1 aromatic heterocycles. The molecule has 2 rings (SSSR count). The summed E-state index contributed by atoms with van der Waals surface area (Å²) in [6, 6.07) is 0. The molecule has 0 bridgehead atoms. The molecule has 1 N–H and O–H groups in total. The van der Waals surface area contributed by atoms with Crippen LogP contribution in [0, 0.1) is 5.92 Å². The topological polar surface area (TPSA) is 55.5 Å². The van der Waals surface area contributed by atoms with Crippen molar-refractivity contribution in [2.75, 3.05) is 13.2 Å². The molecule has 1 fully saturated rings. The monoisotopic (exact) mass is 197 g/mol. The first kappa shape index (κ1) is 9.68. The molecule has 0 aromatic carbocycles. The number of oxazole rings is 1. The van der Waals surface area contributed by atoms with Gasteiger partial charge in [-0.1, -0.05) is 0 Å². The summed E-state index contributed by atoms with van der Waals surface area (Å²) in [4.78, 5) is 4.17. The van der Waals surface area contributed by atoms with Gasteiger partial charge < -0.3 is 14.3 Å². The van der Waals surface area contributed by atoms with Gasteiger partial charge in [0.25, 0.3) is 0 Å². The van der Waals surface area contributed by atoms with Crippen LogP contribution in [0.25, 0.3) is 0 Å². The Morgan fingerprint density at radius 3 is 2.86 bits per heavy atom. The van der Waals surface area contributed by atoms with Gasteiger partial charge in [0.2, 0.25) is 0 Å². The van der Waals surface area contributed by atoms with Crippen LogP contribution >= 0.6 is 0 Å². The minimum Gasteiger partial charge on any atom is -0.449 e. The third-order valence-electron chi connectivity index (χ3n) is 2.57. The maximum Gasteiger partial charge on any atom is 0.194 e. The van der Waals surface area contributed by atoms with E-state index in [4.69, 9.17) is 14.3 Å². The lowest BCUT2D eigenvalue weighted by Crippen LogP contribution is -2.17. The maximum absolute atomic E-state index is 8.81. The fraction of sp³-hybridized carbons (Fsp3) is 0.700. The highest BCUT2D eigenvalue weighted by Gasteiger charge is 2.16. The quantitative estimate of drug-likeness (QED) is 0.789. The van der Waals surface area contributed by atoms with E-state index in [2.05, 4.69) is 4.98 Å². The van der Waals surface area contributed by atoms with Crippen LogP contribution in [-0.4, -0.2) is 23.3 Å². The predicted molar refractivity (Wildman–Crippen MR) is 49.7 cm³/mol. The Labute approximate surface area is 82.9 Å². The Morgan fingerprint density at radius 2 is 2.21 bits per heavy atom. The number of nitrogens with zero attached hydrogens (tertiary/aromatic N) is 1. The Morgan fingerprint density at radius 1 is 1.43 bits per heavy atom. The van der Waals surface area contributed by atoms with Crippen LogP contribution in [0.15, 0.2) is 10.7 Å². The van der Waals surface area contributed by atoms with E-state index in [1.807, 2.05) is 0 Å². The van der Waals surface area contributed by atoms with Crippen LogP contribution in [0.1, 0.15) is 24.4 Å². The van der Waals surface area contributed by atoms with Crippen molar-refractivity contribution in [3.05, 3.63) is 17.8 Å². The van der Waals surface area contributed by atoms with Gasteiger partial charge >= 0.3 is 0 Å². The second-order valence-corrected chi connectivity index (χ2v) is 3.65. The molecular weight excluding hydrogens is 182 g/mol. The first-order valence-electron chi connectivity index (χ1n) is 5.00. The summed E-state index contributed by atoms with van der Waals surface area (Å²) >= 11 is 0. The number of aliphatic hydroxyl groups excluding tert-OH is 1. The average molecular weight is 197 g/mol. The number of rotatable bonds is 3. The largest absolute Gasteiger partial charge is 0.449 e. The van der Waals surface area contributed by atoms with Gasteiger partial charge in [0, 0.05) is 19.6 Å². The SMILES string of the molecule is OCc1coc(CC2CCOCC2)n1. The fourth-order valence-corrected chi connectivity index (χ4v) is 1.71. The van der Waals surface area contributed by atoms with E-state index in [-0.39, 0.29) is 6.61 Å². The smallest absolute Gasteiger partial charge is 0.194 e. The van der Waals surface area contributed by atoms with Crippen molar-refractivity contribution in [2.24, 2.45) is 5.92 Å². The molecule has 0 spiro atoms. The summed E-state index contributed by atoms with van der Waals surface area (Å²) in [5.74, 6) is 1.36. The van der Waals surface area contributed by atoms with Gasteiger partial charge in [0.05, 0.1) is 6.61 Å². The van der Waals surface area contributed by atoms with Crippen LogP contribution in [0.2, 0.25) is 0 Å². The van der Waals surface area contributed by atoms with Crippen molar-refractivity contribution in [3.63, 3.8) is 0 Å². The van der Waals surface area contributed by atoms with Crippen LogP contribution in [-0.2, 0) is 17.8 Å². The molecule has 0 unspecified atom stereocenters. The molecule has 1 aliphatic rings. The first-order chi connectivity index (χ1) is 6.88. The number of aliphatic hydroxyl groups is 1. The zero-order chi connectivity index (χ0) is 9.80. The van der Waals surface area contributed by atoms with E-state index in [0.29, 0.717) is 11.6 Å². The average Bonchev–Trinajstić information content (AvgIpc) is 2.67. The highest BCUT2D eigenvalue weighted by atomic mass is 16.5. The van der Waals surface area contributed by atoms with Gasteiger partial charge in [-0.15, -0.1) is 0 Å². The van der Waals surface area contributed by atoms with Crippen LogP contribution in [0.3, 0.4) is 0 Å². The van der Waals surface area contributed by atoms with E-state index in [9.17, 15) is 0 Å². The summed E-state index contributed by atoms with van der Waals surface area (Å²) in [6.45, 7) is 1.65. The molecule has 4 nitrogen and oxygen atoms in total. The lowest BCUT2D eigenvalue weighted by atomic mass is 9.97. The van der Waals surface area contributed by atoms with Crippen molar-refractivity contribution in [3.8, 4) is 0 Å². The molecule has 2 heterocycles. The second kappa shape index (κ2) is 4.57. The number of hydrogen-bond donors (Lipinski definition) is 1. The van der Waals surface area contributed by atoms with E-state index >= 15 is 0 Å². The van der Waals surface area contributed by atoms with Gasteiger partial charge in [0.1, 0.15) is 12.0 Å². The molecule has 4 heteroatoms. The van der Waals surface area contributed by atoms with Crippen molar-refractivity contribution in [1.29, 1.82) is 0 Å². The molecule has 0 amide bonds. The molecule has 0 radical (unpaired) electrons. The standard InChI is InChI=1S/C10H15NO3/c12-6-9-7-14-10(11-9)5-8-1-3-13-4-2-8/h7-8,12H,1-6H2. The van der Waals surface area contributed by atoms with Gasteiger partial charge in [0.15, 0.2) is 5.89 Å². The summed E-state index contributed by atoms with van der Waals surface area (Å²) < 4.78 is 10.5. The third-order valence-corrected chi connectivity index (χ3v) is 2.57. The van der Waals surface area contributed by atoms with Gasteiger partial charge in [-0.05, 0) is 18.8 Å². The molecule has 78 valence electrons. The minimum absolute atomic E-state index is 0.0444. The normalized spacial score (nSPS) is 18.6. The lowest BCUT2D eigenvalue weighted by molar-refractivity contribution is 0.0647. The summed E-state index contributed by atoms with van der Waals surface area (Å²) in [6.07, 6.45) is 4.55. The van der Waals surface area contributed by atoms with Crippen molar-refractivity contribution < 1.29 is 14.3 Å². The minimum atomic E-state index is -0.0444. The Balaban J connectivity index is 1.89. The Bertz CT molecular complexity index is 279. The Hall–Kier alpha value is -0.870. The van der Waals surface area contributed by atoms with E-state index in [1.165, 1.54) is 6.26 Å². The molecule has 1 aliphatic heterocycles. The zero-order valence-corrected chi connectivity index (χ0v) is 8.11. The molecule has 1 aromatic rings. The first-order valence-corrected chi connectivity index (χ1v) is 5.00. The van der Waals surface area contributed by atoms with Gasteiger partial charge in [-0.2, -0.15) is 0 Å². The van der Waals surface area contributed by atoms with Crippen LogP contribution in [0.4, 0.5) is 0 Å². The number of hydrogen-bond acceptors (Lipinski definition) is 4. The predicted octanol–water partition coefficient (Wildman–Crippen LogP) is 1.14. The lowest BCUT2D eigenvalue weighted by Gasteiger charge is -2.20. The maximum atomic E-state index is 8.81. The summed E-state index contributed by atoms with van der Waals surface area (Å²) in [5.41, 5.74) is 0.618. The molecule has 14 heavy (non-hydrogen) atoms. The highest BCUT2D eigenvalue weighted by Crippen LogP contribution is 2.19. The van der Waals surface area contributed by atoms with E-state index in [0.717, 1.165) is 38.4 Å². The molecular formula is C10H15NO3. The second-order valence-electron chi connectivity index (χ2n) is 3.65. The van der Waals surface area contributed by atoms with Crippen LogP contribution in [0.5, 0.6) is 0 Å². The molecule has 0 saturated carbocycles. The Kier molecular flexibility index (Phi) is 3.16. The van der Waals surface area contributed by atoms with Gasteiger partial charge in [-0.3, -0.25) is 0 Å². The van der Waals surface area contributed by atoms with E-state index in [1.54, 1.807) is 0 Å². The number of ether oxygens (including phenoxy) is 1. The summed E-state index contributed by atoms with van der Waals surface area (Å²) in [5, 5.41) is 8.81. The fourth-order valence-electron chi connectivity index (χ4n) is 1.71. The van der Waals surface area contributed by atoms with Crippen LogP contribution < -0.4 is 0 Å². The summed E-state index contributed by atoms with van der Waals surface area (Å²) in [7, 11) is 0. The van der Waals surface area contributed by atoms with Gasteiger partial charge in [-0.25, -0.2) is 4.98 Å². The van der Waals surface area contributed by atoms with Crippen molar-refractivity contribution in [2.45, 2.75) is 25.9 Å². The van der Waals surface area contributed by atoms with E-state index < -0.39 is 0 Å². The number of aromatic nitrogens is 1. The molecule has 0 atom stereocenters. The molecule has 0 aliphatic carbocycles. The third kappa shape index (κ3) is 2.33. The highest BCUT2D eigenvalue weighted by molar-refractivity contribution is 4.95. The molecule has 1 saturated heterocycles. The van der Waals surface area contributed by atoms with Crippen molar-refractivity contribution in [1.82, 2.24) is 4.98 Å². The zero-order valence-electron chi connectivity index (χ0n) is 8.11.